The van der Waals surface area contributed by atoms with E-state index in [0.717, 1.165) is 42.0 Å². The van der Waals surface area contributed by atoms with Crippen molar-refractivity contribution >= 4 is 138 Å². The number of ether oxygens (including phenoxy) is 3. The van der Waals surface area contributed by atoms with Crippen LogP contribution >= 0.6 is 0 Å². The van der Waals surface area contributed by atoms with Crippen molar-refractivity contribution in [1.29, 1.82) is 0 Å². The van der Waals surface area contributed by atoms with Crippen molar-refractivity contribution in [2.45, 2.75) is 130 Å². The molecule has 2 fully saturated rings. The quantitative estimate of drug-likeness (QED) is 0.0189. The minimum atomic E-state index is -6.78. The predicted molar refractivity (Wildman–Crippen MR) is 412 cm³/mol. The average molecular weight is 2220 g/mol. The molecule has 6 atom stereocenters. The molecular formula is C74H52F24N6O34S6. The molecule has 40 nitrogen and oxygen atoms in total. The number of rotatable bonds is 23. The Balaban J connectivity index is 0.000000219. The largest absolute Gasteiger partial charge is 0.525 e. The van der Waals surface area contributed by atoms with Crippen molar-refractivity contribution in [3.05, 3.63) is 194 Å². The first kappa shape index (κ1) is 115. The first-order valence-electron chi connectivity index (χ1n) is 38.1. The van der Waals surface area contributed by atoms with Gasteiger partial charge in [-0.25, -0.2) is 4.79 Å². The summed E-state index contributed by atoms with van der Waals surface area (Å²) in [6.07, 6.45) is -13.4. The summed E-state index contributed by atoms with van der Waals surface area (Å²) in [5.41, 5.74) is -53.0. The number of fused-ring (bicyclic) bond motifs is 4. The van der Waals surface area contributed by atoms with Crippen LogP contribution in [-0.2, 0) is 116 Å². The Morgan fingerprint density at radius 2 is 0.542 bits per heavy atom. The van der Waals surface area contributed by atoms with E-state index in [0.29, 0.717) is 18.4 Å². The molecule has 0 N–H and O–H groups in total. The fraction of sp³-hybridized carbons (Fsp3) is 0.338. The van der Waals surface area contributed by atoms with Gasteiger partial charge < -0.3 is 14.2 Å². The highest BCUT2D eigenvalue weighted by Crippen LogP contribution is 2.58. The number of alkyl halides is 24. The molecule has 6 aromatic rings. The Kier molecular flexibility index (Phi) is 31.2. The van der Waals surface area contributed by atoms with E-state index in [-0.39, 0.29) is 63.8 Å². The second-order valence-corrected chi connectivity index (χ2v) is 39.5. The Morgan fingerprint density at radius 3 is 0.792 bits per heavy atom. The maximum absolute atomic E-state index is 14.7. The molecule has 6 unspecified atom stereocenters. The van der Waals surface area contributed by atoms with Crippen LogP contribution in [0.15, 0.2) is 127 Å². The van der Waals surface area contributed by atoms with Crippen molar-refractivity contribution < 1.29 is 258 Å². The van der Waals surface area contributed by atoms with Gasteiger partial charge in [0.1, 0.15) is 22.8 Å². The molecule has 70 heteroatoms. The van der Waals surface area contributed by atoms with E-state index in [1.807, 2.05) is 0 Å². The lowest BCUT2D eigenvalue weighted by Crippen LogP contribution is -2.55. The third-order valence-corrected chi connectivity index (χ3v) is 25.6. The molecule has 12 rings (SSSR count). The predicted octanol–water partition coefficient (Wildman–Crippen LogP) is 12.6. The molecule has 144 heavy (non-hydrogen) atoms. The molecule has 6 aliphatic rings. The fourth-order valence-corrected chi connectivity index (χ4v) is 16.2. The van der Waals surface area contributed by atoms with Crippen LogP contribution < -0.4 is 9.47 Å². The smallest absolute Gasteiger partial charge is 0.457 e. The molecule has 0 bridgehead atoms. The fourth-order valence-electron chi connectivity index (χ4n) is 13.7. The molecular weight excluding hydrogens is 2170 g/mol. The van der Waals surface area contributed by atoms with E-state index in [2.05, 4.69) is 25.7 Å². The number of carbonyl (C=O) groups excluding carboxylic acids is 13. The van der Waals surface area contributed by atoms with E-state index < -0.39 is 306 Å². The Hall–Kier alpha value is -13.0. The number of carbonyl (C=O) groups is 13. The van der Waals surface area contributed by atoms with Crippen LogP contribution in [0.3, 0.4) is 0 Å². The number of hydrogen-bond donors (Lipinski definition) is 0. The van der Waals surface area contributed by atoms with Gasteiger partial charge in [-0.05, 0) is 140 Å². The van der Waals surface area contributed by atoms with Gasteiger partial charge in [0.05, 0.1) is 68.2 Å². The zero-order chi connectivity index (χ0) is 110. The van der Waals surface area contributed by atoms with Gasteiger partial charge in [-0.2, -0.15) is 156 Å². The number of halogens is 24. The summed E-state index contributed by atoms with van der Waals surface area (Å²) in [5.74, 6) is -25.6. The van der Waals surface area contributed by atoms with Crippen LogP contribution in [0.5, 0.6) is 17.2 Å². The second kappa shape index (κ2) is 39.2. The standard InChI is InChI=1S/C21H6F12N2O10S2.C20H24F3NO8S.C18H6F6N2O11S2.C15H16F3NO5S/c22-18(23,24)17(19(25,26)27,7-1-3-9-11(5-7)15(38)34(13(9)36)44-46(40,41)20(28,29)30)8-2-4-10-12(6-8)16(39)35(14(10)37)45-47(42,43)21(31,32)33;1-6-14(12-7-9-13(10-8-12)30-18(27)31-19(3,4)5)15-11(2)16(25)24(17(15)26)32-33(28,29)20(21,22)23;19-17(20,21)38(31,32)36-25-13(27)9-3-1-7(5-11(9)15(25)29)35-8-2-4-10-12(6-8)16(30)26(14(10)28)37-39(33,34)18(22,23)24;1-3-11(10-7-5-4-6-8-10)12-9(2)13(20)19(14(12)21)24-25(22,23)15(16,17)18/h1-6H;7-11,14-15H,6H2,1-5H3;1-6H;4-9,11-12H,3H2,1-2H3. The molecule has 12 amide bonds. The van der Waals surface area contributed by atoms with Gasteiger partial charge in [0.2, 0.25) is 5.41 Å². The van der Waals surface area contributed by atoms with Gasteiger partial charge in [-0.15, -0.1) is 56.1 Å². The lowest BCUT2D eigenvalue weighted by atomic mass is 9.71. The van der Waals surface area contributed by atoms with Crippen LogP contribution in [0.1, 0.15) is 178 Å². The number of amides is 12. The van der Waals surface area contributed by atoms with Crippen LogP contribution in [0.4, 0.5) is 110 Å². The number of nitrogens with zero attached hydrogens (tertiary/aromatic N) is 6. The van der Waals surface area contributed by atoms with Gasteiger partial charge in [-0.1, -0.05) is 82.3 Å². The van der Waals surface area contributed by atoms with Crippen LogP contribution in [0, 0.1) is 23.7 Å². The highest BCUT2D eigenvalue weighted by molar-refractivity contribution is 7.89. The normalized spacial score (nSPS) is 18.6. The van der Waals surface area contributed by atoms with Crippen molar-refractivity contribution in [1.82, 2.24) is 30.4 Å². The molecule has 0 aliphatic carbocycles. The molecule has 0 spiro atoms. The van der Waals surface area contributed by atoms with E-state index in [4.69, 9.17) is 14.2 Å². The van der Waals surface area contributed by atoms with E-state index >= 15 is 0 Å². The van der Waals surface area contributed by atoms with Gasteiger partial charge in [-0.3, -0.25) is 57.5 Å². The summed E-state index contributed by atoms with van der Waals surface area (Å²) in [6, 6.07) is 19.1. The highest BCUT2D eigenvalue weighted by Gasteiger charge is 2.74. The third-order valence-electron chi connectivity index (χ3n) is 20.1. The molecule has 786 valence electrons. The van der Waals surface area contributed by atoms with Crippen molar-refractivity contribution in [3.63, 3.8) is 0 Å². The van der Waals surface area contributed by atoms with E-state index in [1.54, 1.807) is 65.0 Å². The maximum atomic E-state index is 14.7. The summed E-state index contributed by atoms with van der Waals surface area (Å²) in [7, 11) is -38.6. The molecule has 0 aromatic heterocycles. The molecule has 2 saturated heterocycles. The van der Waals surface area contributed by atoms with Crippen molar-refractivity contribution in [2.24, 2.45) is 23.7 Å². The average Bonchev–Trinajstić information content (AvgIpc) is 1.29. The summed E-state index contributed by atoms with van der Waals surface area (Å²) >= 11 is 0. The van der Waals surface area contributed by atoms with Crippen LogP contribution in [-0.4, -0.2) is 209 Å². The highest BCUT2D eigenvalue weighted by atomic mass is 32.2. The Labute approximate surface area is 787 Å². The zero-order valence-electron chi connectivity index (χ0n) is 71.1. The number of benzene rings is 6. The van der Waals surface area contributed by atoms with Gasteiger partial charge >= 0.3 is 112 Å². The maximum Gasteiger partial charge on any atom is 0.525 e. The Bertz CT molecular complexity index is 6770. The number of imide groups is 6. The molecule has 0 saturated carbocycles. The summed E-state index contributed by atoms with van der Waals surface area (Å²) < 4.78 is 486. The van der Waals surface area contributed by atoms with E-state index in [9.17, 15) is 218 Å². The second-order valence-electron chi connectivity index (χ2n) is 30.4. The molecule has 6 heterocycles. The van der Waals surface area contributed by atoms with Crippen LogP contribution in [0.2, 0.25) is 0 Å². The van der Waals surface area contributed by atoms with E-state index in [1.165, 1.54) is 38.1 Å². The first-order chi connectivity index (χ1) is 65.2. The zero-order valence-corrected chi connectivity index (χ0v) is 76.0. The molecule has 0 radical (unpaired) electrons. The number of hydrogen-bond acceptors (Lipinski definition) is 34. The lowest BCUT2D eigenvalue weighted by Gasteiger charge is -2.38. The Morgan fingerprint density at radius 1 is 0.306 bits per heavy atom. The minimum Gasteiger partial charge on any atom is -0.457 e. The molecule has 6 aliphatic heterocycles. The summed E-state index contributed by atoms with van der Waals surface area (Å²) in [4.78, 5) is 160. The lowest BCUT2D eigenvalue weighted by molar-refractivity contribution is -0.288. The topological polar surface area (TPSA) is 529 Å². The minimum absolute atomic E-state index is 0.0559. The first-order valence-corrected chi connectivity index (χ1v) is 46.5. The van der Waals surface area contributed by atoms with Crippen LogP contribution in [0.25, 0.3) is 0 Å². The van der Waals surface area contributed by atoms with Crippen molar-refractivity contribution in [3.8, 4) is 17.2 Å². The third kappa shape index (κ3) is 22.3. The molecule has 6 aromatic carbocycles. The van der Waals surface area contributed by atoms with Crippen molar-refractivity contribution in [2.75, 3.05) is 0 Å². The van der Waals surface area contributed by atoms with Gasteiger partial charge in [0.15, 0.2) is 0 Å². The van der Waals surface area contributed by atoms with Gasteiger partial charge in [0.25, 0.3) is 70.9 Å². The summed E-state index contributed by atoms with van der Waals surface area (Å²) in [6.45, 7) is 11.1. The SMILES string of the molecule is CCC(c1ccc(OC(=O)OC(C)(C)C)cc1)C1C(=O)N(OS(=O)(=O)C(F)(F)F)C(=O)C1C.CCC(c1ccccc1)C1C(=O)N(OS(=O)(=O)C(F)(F)F)C(=O)C1C.O=C1c2ccc(C(c3ccc4c(c3)C(=O)N(OS(=O)(=O)C(F)(F)F)C4=O)(C(F)(F)F)C(F)(F)F)cc2C(=O)N1OS(=O)(=O)C(F)(F)F.O=C1c2ccc(Oc3ccc4c(c3)C(=O)N(OS(=O)(=O)C(F)(F)F)C4=O)cc2C(=O)N1OS(=O)(=O)C(F)(F)F. The summed E-state index contributed by atoms with van der Waals surface area (Å²) in [5, 5.41) is -4.10. The number of hydroxylamine groups is 12. The monoisotopic (exact) mass is 2220 g/mol. The van der Waals surface area contributed by atoms with Gasteiger partial charge in [0, 0.05) is 0 Å².